The van der Waals surface area contributed by atoms with Crippen LogP contribution in [0.15, 0.2) is 5.38 Å². The standard InChI is InChI=1S/C10H13N5S/c1-6-5-16-10(12-6)9-14-13-8-7(2)11-3-4-15(8)9/h5,7,11H,3-4H2,1-2H3/t7-/m1/s1. The van der Waals surface area contributed by atoms with Crippen LogP contribution < -0.4 is 5.32 Å². The number of hydrogen-bond donors (Lipinski definition) is 1. The van der Waals surface area contributed by atoms with E-state index < -0.39 is 0 Å². The van der Waals surface area contributed by atoms with Crippen LogP contribution in [0.3, 0.4) is 0 Å². The van der Waals surface area contributed by atoms with Gasteiger partial charge in [-0.05, 0) is 13.8 Å². The number of nitrogens with one attached hydrogen (secondary N) is 1. The highest BCUT2D eigenvalue weighted by atomic mass is 32.1. The lowest BCUT2D eigenvalue weighted by Gasteiger charge is -2.21. The van der Waals surface area contributed by atoms with E-state index in [9.17, 15) is 0 Å². The van der Waals surface area contributed by atoms with Crippen LogP contribution in [-0.2, 0) is 6.54 Å². The number of nitrogens with zero attached hydrogens (tertiary/aromatic N) is 4. The van der Waals surface area contributed by atoms with Gasteiger partial charge in [0.15, 0.2) is 10.8 Å². The first-order chi connectivity index (χ1) is 7.75. The van der Waals surface area contributed by atoms with Crippen LogP contribution in [0.1, 0.15) is 24.5 Å². The van der Waals surface area contributed by atoms with Gasteiger partial charge in [0.2, 0.25) is 0 Å². The van der Waals surface area contributed by atoms with Crippen molar-refractivity contribution in [3.8, 4) is 10.8 Å². The number of thiazole rings is 1. The normalized spacial score (nSPS) is 19.8. The molecular weight excluding hydrogens is 222 g/mol. The summed E-state index contributed by atoms with van der Waals surface area (Å²) in [4.78, 5) is 4.46. The summed E-state index contributed by atoms with van der Waals surface area (Å²) in [6.45, 7) is 5.98. The van der Waals surface area contributed by atoms with Gasteiger partial charge >= 0.3 is 0 Å². The van der Waals surface area contributed by atoms with E-state index in [2.05, 4.69) is 32.0 Å². The van der Waals surface area contributed by atoms with Crippen molar-refractivity contribution in [1.29, 1.82) is 0 Å². The predicted octanol–water partition coefficient (Wildman–Crippen LogP) is 1.37. The molecule has 0 fully saturated rings. The van der Waals surface area contributed by atoms with E-state index in [0.717, 1.165) is 35.4 Å². The summed E-state index contributed by atoms with van der Waals surface area (Å²) in [7, 11) is 0. The van der Waals surface area contributed by atoms with Crippen molar-refractivity contribution in [3.05, 3.63) is 16.9 Å². The first-order valence-electron chi connectivity index (χ1n) is 5.34. The highest BCUT2D eigenvalue weighted by Gasteiger charge is 2.23. The zero-order valence-electron chi connectivity index (χ0n) is 9.27. The molecule has 6 heteroatoms. The first-order valence-corrected chi connectivity index (χ1v) is 6.22. The Morgan fingerprint density at radius 2 is 2.38 bits per heavy atom. The quantitative estimate of drug-likeness (QED) is 0.811. The number of aryl methyl sites for hydroxylation is 1. The zero-order valence-corrected chi connectivity index (χ0v) is 10.1. The Bertz CT molecular complexity index is 515. The van der Waals surface area contributed by atoms with Gasteiger partial charge in [-0.25, -0.2) is 4.98 Å². The molecule has 0 unspecified atom stereocenters. The van der Waals surface area contributed by atoms with Gasteiger partial charge in [0.1, 0.15) is 5.82 Å². The molecule has 1 aliphatic heterocycles. The lowest BCUT2D eigenvalue weighted by Crippen LogP contribution is -2.32. The van der Waals surface area contributed by atoms with Crippen LogP contribution in [0.4, 0.5) is 0 Å². The lowest BCUT2D eigenvalue weighted by molar-refractivity contribution is 0.439. The largest absolute Gasteiger partial charge is 0.306 e. The van der Waals surface area contributed by atoms with Gasteiger partial charge in [0.25, 0.3) is 0 Å². The molecule has 3 heterocycles. The minimum absolute atomic E-state index is 0.274. The third kappa shape index (κ3) is 1.45. The summed E-state index contributed by atoms with van der Waals surface area (Å²) in [5.74, 6) is 1.91. The van der Waals surface area contributed by atoms with Gasteiger partial charge in [-0.1, -0.05) is 0 Å². The van der Waals surface area contributed by atoms with E-state index in [-0.39, 0.29) is 6.04 Å². The topological polar surface area (TPSA) is 55.6 Å². The van der Waals surface area contributed by atoms with Crippen molar-refractivity contribution in [2.45, 2.75) is 26.4 Å². The van der Waals surface area contributed by atoms with Gasteiger partial charge < -0.3 is 9.88 Å². The van der Waals surface area contributed by atoms with Crippen molar-refractivity contribution >= 4 is 11.3 Å². The zero-order chi connectivity index (χ0) is 11.1. The van der Waals surface area contributed by atoms with Crippen LogP contribution in [-0.4, -0.2) is 26.3 Å². The molecule has 3 rings (SSSR count). The Hall–Kier alpha value is -1.27. The average molecular weight is 235 g/mol. The van der Waals surface area contributed by atoms with Crippen molar-refractivity contribution < 1.29 is 0 Å². The average Bonchev–Trinajstić information content (AvgIpc) is 2.84. The van der Waals surface area contributed by atoms with E-state index in [0.29, 0.717) is 0 Å². The molecule has 0 spiro atoms. The molecule has 0 amide bonds. The second-order valence-electron chi connectivity index (χ2n) is 4.00. The molecule has 2 aromatic heterocycles. The Morgan fingerprint density at radius 1 is 1.50 bits per heavy atom. The molecule has 0 saturated carbocycles. The van der Waals surface area contributed by atoms with Crippen LogP contribution in [0.25, 0.3) is 10.8 Å². The highest BCUT2D eigenvalue weighted by Crippen LogP contribution is 2.25. The van der Waals surface area contributed by atoms with Crippen molar-refractivity contribution in [2.75, 3.05) is 6.54 Å². The predicted molar refractivity (Wildman–Crippen MR) is 62.3 cm³/mol. The van der Waals surface area contributed by atoms with E-state index in [1.165, 1.54) is 0 Å². The van der Waals surface area contributed by atoms with Gasteiger partial charge in [-0.2, -0.15) is 0 Å². The minimum Gasteiger partial charge on any atom is -0.306 e. The fourth-order valence-corrected chi connectivity index (χ4v) is 2.74. The Balaban J connectivity index is 2.09. The molecule has 2 aromatic rings. The number of rotatable bonds is 1. The van der Waals surface area contributed by atoms with Gasteiger partial charge in [-0.3, -0.25) is 0 Å². The van der Waals surface area contributed by atoms with Crippen LogP contribution >= 0.6 is 11.3 Å². The fourth-order valence-electron chi connectivity index (χ4n) is 1.95. The molecule has 0 aliphatic carbocycles. The lowest BCUT2D eigenvalue weighted by atomic mass is 10.2. The summed E-state index contributed by atoms with van der Waals surface area (Å²) in [6.07, 6.45) is 0. The van der Waals surface area contributed by atoms with Crippen molar-refractivity contribution in [3.63, 3.8) is 0 Å². The molecule has 16 heavy (non-hydrogen) atoms. The third-order valence-corrected chi connectivity index (χ3v) is 3.72. The molecule has 1 aliphatic rings. The molecule has 0 aromatic carbocycles. The molecule has 5 nitrogen and oxygen atoms in total. The van der Waals surface area contributed by atoms with Gasteiger partial charge in [-0.15, -0.1) is 21.5 Å². The SMILES string of the molecule is Cc1csc(-c2nnc3n2CCN[C@@H]3C)n1. The summed E-state index contributed by atoms with van der Waals surface area (Å²) in [6, 6.07) is 0.274. The van der Waals surface area contributed by atoms with Crippen LogP contribution in [0.5, 0.6) is 0 Å². The summed E-state index contributed by atoms with van der Waals surface area (Å²) in [5.41, 5.74) is 1.04. The van der Waals surface area contributed by atoms with E-state index >= 15 is 0 Å². The molecule has 0 bridgehead atoms. The second kappa shape index (κ2) is 3.64. The Morgan fingerprint density at radius 3 is 3.12 bits per heavy atom. The molecule has 0 radical (unpaired) electrons. The summed E-state index contributed by atoms with van der Waals surface area (Å²) >= 11 is 1.63. The molecular formula is C10H13N5S. The van der Waals surface area contributed by atoms with E-state index in [1.807, 2.05) is 12.3 Å². The minimum atomic E-state index is 0.274. The van der Waals surface area contributed by atoms with Gasteiger partial charge in [0.05, 0.1) is 6.04 Å². The monoisotopic (exact) mass is 235 g/mol. The maximum Gasteiger partial charge on any atom is 0.193 e. The smallest absolute Gasteiger partial charge is 0.193 e. The van der Waals surface area contributed by atoms with Crippen LogP contribution in [0, 0.1) is 6.92 Å². The first kappa shape index (κ1) is 9.92. The maximum absolute atomic E-state index is 4.46. The van der Waals surface area contributed by atoms with E-state index in [1.54, 1.807) is 11.3 Å². The fraction of sp³-hybridized carbons (Fsp3) is 0.500. The van der Waals surface area contributed by atoms with E-state index in [4.69, 9.17) is 0 Å². The Kier molecular flexibility index (Phi) is 2.26. The number of hydrogen-bond acceptors (Lipinski definition) is 5. The molecule has 1 atom stereocenters. The molecule has 1 N–H and O–H groups in total. The van der Waals surface area contributed by atoms with Crippen molar-refractivity contribution in [2.24, 2.45) is 0 Å². The van der Waals surface area contributed by atoms with Gasteiger partial charge in [0, 0.05) is 24.2 Å². The second-order valence-corrected chi connectivity index (χ2v) is 4.86. The number of aromatic nitrogens is 4. The molecule has 0 saturated heterocycles. The molecule has 84 valence electrons. The van der Waals surface area contributed by atoms with Crippen molar-refractivity contribution in [1.82, 2.24) is 25.1 Å². The highest BCUT2D eigenvalue weighted by molar-refractivity contribution is 7.13. The Labute approximate surface area is 97.5 Å². The summed E-state index contributed by atoms with van der Waals surface area (Å²) < 4.78 is 2.17. The third-order valence-electron chi connectivity index (χ3n) is 2.76. The number of fused-ring (bicyclic) bond motifs is 1. The summed E-state index contributed by atoms with van der Waals surface area (Å²) in [5, 5.41) is 14.9. The van der Waals surface area contributed by atoms with Crippen LogP contribution in [0.2, 0.25) is 0 Å². The maximum atomic E-state index is 4.46.